The van der Waals surface area contributed by atoms with Gasteiger partial charge in [0, 0.05) is 35.1 Å². The van der Waals surface area contributed by atoms with Gasteiger partial charge < -0.3 is 14.4 Å². The Balaban J connectivity index is 1.40. The van der Waals surface area contributed by atoms with Gasteiger partial charge in [-0.25, -0.2) is 9.59 Å². The Hall–Kier alpha value is -3.60. The summed E-state index contributed by atoms with van der Waals surface area (Å²) in [5.74, 6) is -1.76. The summed E-state index contributed by atoms with van der Waals surface area (Å²) in [6.07, 6.45) is 5.66. The number of likely N-dealkylation sites (N-methyl/N-ethyl adjacent to an activating group) is 1. The molecule has 0 amide bonds. The van der Waals surface area contributed by atoms with Crippen LogP contribution in [0.4, 0.5) is 11.4 Å². The van der Waals surface area contributed by atoms with E-state index in [1.54, 1.807) is 6.07 Å². The molecular formula is C27H26ClN3O4. The Labute approximate surface area is 209 Å². The summed E-state index contributed by atoms with van der Waals surface area (Å²) in [5, 5.41) is 10.0. The molecule has 2 heterocycles. The van der Waals surface area contributed by atoms with Gasteiger partial charge in [0.1, 0.15) is 6.07 Å². The van der Waals surface area contributed by atoms with E-state index in [4.69, 9.17) is 21.1 Å². The molecule has 0 atom stereocenters. The largest absolute Gasteiger partial charge is 0.422 e. The highest BCUT2D eigenvalue weighted by Crippen LogP contribution is 2.37. The van der Waals surface area contributed by atoms with Gasteiger partial charge in [-0.1, -0.05) is 35.9 Å². The Morgan fingerprint density at radius 1 is 1.00 bits per heavy atom. The van der Waals surface area contributed by atoms with E-state index >= 15 is 0 Å². The minimum absolute atomic E-state index is 0.0303. The van der Waals surface area contributed by atoms with E-state index in [0.29, 0.717) is 6.54 Å². The molecule has 2 aliphatic rings. The van der Waals surface area contributed by atoms with E-state index in [9.17, 15) is 14.9 Å². The predicted molar refractivity (Wildman–Crippen MR) is 133 cm³/mol. The quantitative estimate of drug-likeness (QED) is 0.410. The Morgan fingerprint density at radius 2 is 1.71 bits per heavy atom. The smallest absolute Gasteiger partial charge is 0.337 e. The first-order chi connectivity index (χ1) is 16.9. The molecule has 0 fully saturated rings. The summed E-state index contributed by atoms with van der Waals surface area (Å²) in [7, 11) is 1.86. The first-order valence-corrected chi connectivity index (χ1v) is 11.9. The van der Waals surface area contributed by atoms with Crippen molar-refractivity contribution >= 4 is 34.9 Å². The van der Waals surface area contributed by atoms with Gasteiger partial charge in [0.05, 0.1) is 6.54 Å². The van der Waals surface area contributed by atoms with Crippen LogP contribution >= 0.6 is 11.6 Å². The van der Waals surface area contributed by atoms with Crippen LogP contribution in [-0.4, -0.2) is 43.5 Å². The lowest BCUT2D eigenvalue weighted by Gasteiger charge is -2.27. The molecule has 4 rings (SSSR count). The highest BCUT2D eigenvalue weighted by Gasteiger charge is 2.22. The van der Waals surface area contributed by atoms with Crippen molar-refractivity contribution < 1.29 is 19.1 Å². The van der Waals surface area contributed by atoms with Crippen molar-refractivity contribution in [3.05, 3.63) is 82.3 Å². The number of nitriles is 1. The van der Waals surface area contributed by atoms with Crippen molar-refractivity contribution in [3.8, 4) is 6.07 Å². The second kappa shape index (κ2) is 11.2. The van der Waals surface area contributed by atoms with Gasteiger partial charge in [0.25, 0.3) is 0 Å². The second-order valence-electron chi connectivity index (χ2n) is 8.54. The van der Waals surface area contributed by atoms with Crippen LogP contribution in [0.1, 0.15) is 24.0 Å². The zero-order chi connectivity index (χ0) is 24.8. The fourth-order valence-electron chi connectivity index (χ4n) is 4.32. The molecule has 180 valence electrons. The lowest BCUT2D eigenvalue weighted by molar-refractivity contribution is -0.139. The minimum Gasteiger partial charge on any atom is -0.422 e. The maximum Gasteiger partial charge on any atom is 0.337 e. The van der Waals surface area contributed by atoms with Crippen molar-refractivity contribution in [3.63, 3.8) is 0 Å². The van der Waals surface area contributed by atoms with E-state index in [1.807, 2.05) is 24.1 Å². The van der Waals surface area contributed by atoms with Crippen LogP contribution < -0.4 is 4.90 Å². The summed E-state index contributed by atoms with van der Waals surface area (Å²) in [5.41, 5.74) is 4.97. The lowest BCUT2D eigenvalue weighted by atomic mass is 10.0. The van der Waals surface area contributed by atoms with Crippen LogP contribution in [0.3, 0.4) is 0 Å². The standard InChI is InChI=1S/C27H26ClN3O4/c1-30(18-25-24(17-29)34-26(32)12-13-27(33)35-25)14-4-5-15-31-22-7-3-2-6-19(22)8-9-20-10-11-21(28)16-23(20)31/h2-3,6-7,10-13,16H,4-5,8-9,14-15,18H2,1H3/b13-12-,25-24+. The third kappa shape index (κ3) is 6.10. The van der Waals surface area contributed by atoms with E-state index < -0.39 is 11.9 Å². The molecule has 35 heavy (non-hydrogen) atoms. The Bertz CT molecular complexity index is 1230. The molecule has 7 nitrogen and oxygen atoms in total. The number of rotatable bonds is 7. The maximum atomic E-state index is 11.8. The monoisotopic (exact) mass is 491 g/mol. The second-order valence-corrected chi connectivity index (χ2v) is 8.97. The topological polar surface area (TPSA) is 82.9 Å². The number of ether oxygens (including phenoxy) is 2. The van der Waals surface area contributed by atoms with Gasteiger partial charge in [-0.2, -0.15) is 5.26 Å². The number of esters is 2. The molecule has 0 bridgehead atoms. The highest BCUT2D eigenvalue weighted by atomic mass is 35.5. The predicted octanol–water partition coefficient (Wildman–Crippen LogP) is 4.68. The van der Waals surface area contributed by atoms with Crippen molar-refractivity contribution in [1.82, 2.24) is 4.90 Å². The molecule has 0 N–H and O–H groups in total. The zero-order valence-electron chi connectivity index (χ0n) is 19.5. The fraction of sp³-hybridized carbons (Fsp3) is 0.296. The summed E-state index contributed by atoms with van der Waals surface area (Å²) in [6.45, 7) is 1.68. The molecule has 0 aliphatic carbocycles. The molecule has 8 heteroatoms. The summed E-state index contributed by atoms with van der Waals surface area (Å²) >= 11 is 6.35. The molecular weight excluding hydrogens is 466 g/mol. The molecule has 0 unspecified atom stereocenters. The number of benzene rings is 2. The number of para-hydroxylation sites is 1. The summed E-state index contributed by atoms with van der Waals surface area (Å²) in [4.78, 5) is 27.7. The van der Waals surface area contributed by atoms with Crippen LogP contribution in [0.2, 0.25) is 5.02 Å². The molecule has 0 radical (unpaired) electrons. The molecule has 0 spiro atoms. The van der Waals surface area contributed by atoms with Gasteiger partial charge in [0.15, 0.2) is 5.76 Å². The van der Waals surface area contributed by atoms with Crippen LogP contribution in [0.25, 0.3) is 0 Å². The van der Waals surface area contributed by atoms with Gasteiger partial charge in [-0.05, 0) is 68.6 Å². The number of anilines is 2. The van der Waals surface area contributed by atoms with E-state index in [0.717, 1.165) is 55.1 Å². The zero-order valence-corrected chi connectivity index (χ0v) is 20.3. The first kappa shape index (κ1) is 24.5. The number of unbranched alkanes of at least 4 members (excludes halogenated alkanes) is 1. The molecule has 2 aromatic rings. The Morgan fingerprint density at radius 3 is 2.49 bits per heavy atom. The van der Waals surface area contributed by atoms with Crippen LogP contribution in [0, 0.1) is 11.3 Å². The average Bonchev–Trinajstić information content (AvgIpc) is 2.99. The van der Waals surface area contributed by atoms with Gasteiger partial charge in [0.2, 0.25) is 5.76 Å². The number of fused-ring (bicyclic) bond motifs is 2. The number of hydrogen-bond acceptors (Lipinski definition) is 7. The third-order valence-corrected chi connectivity index (χ3v) is 6.24. The number of carbonyl (C=O) groups excluding carboxylic acids is 2. The number of carbonyl (C=O) groups is 2. The maximum absolute atomic E-state index is 11.8. The van der Waals surface area contributed by atoms with Crippen molar-refractivity contribution in [2.75, 3.05) is 31.6 Å². The highest BCUT2D eigenvalue weighted by molar-refractivity contribution is 6.30. The number of halogens is 1. The van der Waals surface area contributed by atoms with Crippen molar-refractivity contribution in [2.24, 2.45) is 0 Å². The fourth-order valence-corrected chi connectivity index (χ4v) is 4.49. The van der Waals surface area contributed by atoms with Crippen LogP contribution in [0.5, 0.6) is 0 Å². The van der Waals surface area contributed by atoms with Crippen molar-refractivity contribution in [2.45, 2.75) is 25.7 Å². The number of allylic oxidation sites excluding steroid dienone is 1. The SMILES string of the molecule is CN(CCCCN1c2ccccc2CCc2ccc(Cl)cc21)C/C1=C(/C#N)OC(=O)/C=C\C(=O)O1. The van der Waals surface area contributed by atoms with E-state index in [1.165, 1.54) is 16.8 Å². The lowest BCUT2D eigenvalue weighted by Crippen LogP contribution is -2.27. The molecule has 0 saturated heterocycles. The van der Waals surface area contributed by atoms with E-state index in [-0.39, 0.29) is 18.1 Å². The normalized spacial score (nSPS) is 18.4. The van der Waals surface area contributed by atoms with Crippen LogP contribution in [0.15, 0.2) is 66.1 Å². The number of nitrogens with zero attached hydrogens (tertiary/aromatic N) is 3. The number of hydrogen-bond donors (Lipinski definition) is 0. The molecule has 0 aromatic heterocycles. The summed E-state index contributed by atoms with van der Waals surface area (Å²) < 4.78 is 10.2. The first-order valence-electron chi connectivity index (χ1n) is 11.5. The minimum atomic E-state index is -0.781. The molecule has 2 aliphatic heterocycles. The number of cyclic esters (lactones) is 2. The average molecular weight is 492 g/mol. The van der Waals surface area contributed by atoms with Gasteiger partial charge in [-0.3, -0.25) is 4.90 Å². The third-order valence-electron chi connectivity index (χ3n) is 6.01. The van der Waals surface area contributed by atoms with Crippen LogP contribution in [-0.2, 0) is 31.9 Å². The number of aryl methyl sites for hydroxylation is 2. The molecule has 0 saturated carbocycles. The van der Waals surface area contributed by atoms with Gasteiger partial charge in [-0.15, -0.1) is 0 Å². The van der Waals surface area contributed by atoms with Gasteiger partial charge >= 0.3 is 11.9 Å². The Kier molecular flexibility index (Phi) is 7.86. The van der Waals surface area contributed by atoms with Crippen molar-refractivity contribution in [1.29, 1.82) is 5.26 Å². The summed E-state index contributed by atoms with van der Waals surface area (Å²) in [6, 6.07) is 16.4. The van der Waals surface area contributed by atoms with E-state index in [2.05, 4.69) is 35.2 Å². The molecule has 2 aromatic carbocycles.